The maximum atomic E-state index is 12.3. The lowest BCUT2D eigenvalue weighted by Gasteiger charge is -2.12. The molecule has 1 aliphatic rings. The highest BCUT2D eigenvalue weighted by Gasteiger charge is 2.27. The van der Waals surface area contributed by atoms with Crippen molar-refractivity contribution in [1.29, 1.82) is 0 Å². The zero-order valence-corrected chi connectivity index (χ0v) is 5.10. The summed E-state index contributed by atoms with van der Waals surface area (Å²) in [4.78, 5) is 10.4. The fraction of sp³-hybridized carbons (Fsp3) is 0.500. The molecular weight excluding hydrogens is 142 g/mol. The maximum absolute atomic E-state index is 12.3. The molecule has 0 saturated heterocycles. The summed E-state index contributed by atoms with van der Waals surface area (Å²) in [7, 11) is 0. The van der Waals surface area contributed by atoms with Crippen LogP contribution in [-0.2, 0) is 4.79 Å². The van der Waals surface area contributed by atoms with Crippen LogP contribution in [0.15, 0.2) is 11.6 Å². The lowest BCUT2D eigenvalue weighted by atomic mass is 10.0. The van der Waals surface area contributed by atoms with E-state index in [-0.39, 0.29) is 6.42 Å². The van der Waals surface area contributed by atoms with Crippen molar-refractivity contribution in [2.75, 3.05) is 0 Å². The van der Waals surface area contributed by atoms with Gasteiger partial charge in [-0.3, -0.25) is 4.79 Å². The van der Waals surface area contributed by atoms with Crippen molar-refractivity contribution in [3.63, 3.8) is 0 Å². The van der Waals surface area contributed by atoms with Crippen molar-refractivity contribution in [1.82, 2.24) is 0 Å². The molecule has 0 radical (unpaired) electrons. The van der Waals surface area contributed by atoms with Crippen molar-refractivity contribution in [3.8, 4) is 0 Å². The molecule has 4 heteroatoms. The van der Waals surface area contributed by atoms with Crippen LogP contribution in [-0.4, -0.2) is 17.1 Å². The molecule has 56 valence electrons. The number of alkyl halides is 1. The van der Waals surface area contributed by atoms with Gasteiger partial charge in [-0.25, -0.2) is 4.39 Å². The number of halogens is 2. The summed E-state index contributed by atoms with van der Waals surface area (Å²) >= 11 is 0. The molecule has 0 aromatic rings. The number of allylic oxidation sites excluding steroid dienone is 2. The molecule has 1 aliphatic carbocycles. The van der Waals surface area contributed by atoms with Crippen LogP contribution in [0.2, 0.25) is 0 Å². The number of carbonyl (C=O) groups excluding carboxylic acids is 1. The highest BCUT2D eigenvalue weighted by molar-refractivity contribution is 5.94. The van der Waals surface area contributed by atoms with Crippen molar-refractivity contribution < 1.29 is 18.7 Å². The number of ketones is 1. The Balaban J connectivity index is 2.85. The van der Waals surface area contributed by atoms with Gasteiger partial charge >= 0.3 is 0 Å². The van der Waals surface area contributed by atoms with Gasteiger partial charge in [0.05, 0.1) is 0 Å². The summed E-state index contributed by atoms with van der Waals surface area (Å²) < 4.78 is 24.5. The van der Waals surface area contributed by atoms with Crippen LogP contribution in [0.3, 0.4) is 0 Å². The van der Waals surface area contributed by atoms with E-state index < -0.39 is 30.0 Å². The Kier molecular flexibility index (Phi) is 1.70. The summed E-state index contributed by atoms with van der Waals surface area (Å²) in [6.07, 6.45) is -2.25. The molecule has 1 rings (SSSR count). The zero-order chi connectivity index (χ0) is 7.72. The van der Waals surface area contributed by atoms with Gasteiger partial charge in [0, 0.05) is 12.8 Å². The monoisotopic (exact) mass is 148 g/mol. The van der Waals surface area contributed by atoms with Crippen LogP contribution >= 0.6 is 0 Å². The van der Waals surface area contributed by atoms with Crippen molar-refractivity contribution in [2.24, 2.45) is 0 Å². The molecule has 0 saturated carbocycles. The Morgan fingerprint density at radius 1 is 1.50 bits per heavy atom. The van der Waals surface area contributed by atoms with Gasteiger partial charge in [-0.05, 0) is 0 Å². The normalized spacial score (nSPS) is 27.4. The number of aliphatic hydroxyl groups is 1. The fourth-order valence-electron chi connectivity index (χ4n) is 0.823. The standard InChI is InChI=1S/C6H6F2O2/c7-3-1-4(9)6(8)5(10)2-3/h3,9H,1-2H2. The lowest BCUT2D eigenvalue weighted by Crippen LogP contribution is -2.17. The molecule has 1 N–H and O–H groups in total. The third-order valence-electron chi connectivity index (χ3n) is 1.32. The Bertz CT molecular complexity index is 198. The number of Topliss-reactive ketones (excluding diaryl/α,β-unsaturated/α-hetero) is 1. The third kappa shape index (κ3) is 1.15. The third-order valence-corrected chi connectivity index (χ3v) is 1.32. The van der Waals surface area contributed by atoms with E-state index in [2.05, 4.69) is 0 Å². The van der Waals surface area contributed by atoms with Gasteiger partial charge in [0.25, 0.3) is 0 Å². The second-order valence-corrected chi connectivity index (χ2v) is 2.19. The quantitative estimate of drug-likeness (QED) is 0.564. The van der Waals surface area contributed by atoms with Crippen molar-refractivity contribution in [2.45, 2.75) is 19.0 Å². The molecule has 0 aliphatic heterocycles. The SMILES string of the molecule is O=C1CC(F)CC(O)=C1F. The van der Waals surface area contributed by atoms with E-state index in [4.69, 9.17) is 5.11 Å². The summed E-state index contributed by atoms with van der Waals surface area (Å²) in [5.41, 5.74) is 0. The van der Waals surface area contributed by atoms with Gasteiger partial charge in [-0.15, -0.1) is 0 Å². The van der Waals surface area contributed by atoms with Gasteiger partial charge in [0.1, 0.15) is 11.9 Å². The molecule has 0 fully saturated rings. The number of aliphatic hydroxyl groups excluding tert-OH is 1. The predicted molar refractivity (Wildman–Crippen MR) is 29.9 cm³/mol. The molecule has 10 heavy (non-hydrogen) atoms. The second-order valence-electron chi connectivity index (χ2n) is 2.19. The van der Waals surface area contributed by atoms with Crippen LogP contribution in [0, 0.1) is 0 Å². The minimum absolute atomic E-state index is 0.377. The largest absolute Gasteiger partial charge is 0.509 e. The molecule has 0 bridgehead atoms. The highest BCUT2D eigenvalue weighted by Crippen LogP contribution is 2.22. The first-order valence-electron chi connectivity index (χ1n) is 2.86. The molecule has 0 amide bonds. The zero-order valence-electron chi connectivity index (χ0n) is 5.10. The first kappa shape index (κ1) is 7.18. The topological polar surface area (TPSA) is 37.3 Å². The van der Waals surface area contributed by atoms with E-state index >= 15 is 0 Å². The lowest BCUT2D eigenvalue weighted by molar-refractivity contribution is -0.119. The first-order chi connectivity index (χ1) is 4.61. The average molecular weight is 148 g/mol. The van der Waals surface area contributed by atoms with Crippen LogP contribution in [0.4, 0.5) is 8.78 Å². The van der Waals surface area contributed by atoms with Gasteiger partial charge in [0.15, 0.2) is 5.78 Å². The van der Waals surface area contributed by atoms with Gasteiger partial charge in [0.2, 0.25) is 5.83 Å². The molecule has 0 aromatic carbocycles. The highest BCUT2D eigenvalue weighted by atomic mass is 19.1. The number of hydrogen-bond donors (Lipinski definition) is 1. The van der Waals surface area contributed by atoms with Crippen LogP contribution in [0.5, 0.6) is 0 Å². The Labute approximate surface area is 56.2 Å². The van der Waals surface area contributed by atoms with E-state index in [0.717, 1.165) is 0 Å². The van der Waals surface area contributed by atoms with Crippen molar-refractivity contribution >= 4 is 5.78 Å². The Hall–Kier alpha value is -0.930. The van der Waals surface area contributed by atoms with E-state index in [0.29, 0.717) is 0 Å². The van der Waals surface area contributed by atoms with E-state index in [1.165, 1.54) is 0 Å². The first-order valence-corrected chi connectivity index (χ1v) is 2.86. The van der Waals surface area contributed by atoms with E-state index in [1.54, 1.807) is 0 Å². The maximum Gasteiger partial charge on any atom is 0.203 e. The predicted octanol–water partition coefficient (Wildman–Crippen LogP) is 1.43. The van der Waals surface area contributed by atoms with Gasteiger partial charge in [-0.1, -0.05) is 0 Å². The molecular formula is C6H6F2O2. The average Bonchev–Trinajstić information content (AvgIpc) is 1.82. The fourth-order valence-corrected chi connectivity index (χ4v) is 0.823. The molecule has 2 nitrogen and oxygen atoms in total. The number of carbonyl (C=O) groups is 1. The number of hydrogen-bond acceptors (Lipinski definition) is 2. The molecule has 1 atom stereocenters. The number of rotatable bonds is 0. The van der Waals surface area contributed by atoms with Gasteiger partial charge in [-0.2, -0.15) is 4.39 Å². The summed E-state index contributed by atoms with van der Waals surface area (Å²) in [6.45, 7) is 0. The van der Waals surface area contributed by atoms with Crippen LogP contribution < -0.4 is 0 Å². The minimum Gasteiger partial charge on any atom is -0.509 e. The van der Waals surface area contributed by atoms with Crippen molar-refractivity contribution in [3.05, 3.63) is 11.6 Å². The molecule has 0 spiro atoms. The van der Waals surface area contributed by atoms with E-state index in [9.17, 15) is 13.6 Å². The smallest absolute Gasteiger partial charge is 0.203 e. The molecule has 1 unspecified atom stereocenters. The summed E-state index contributed by atoms with van der Waals surface area (Å²) in [6, 6.07) is 0. The second kappa shape index (κ2) is 2.36. The van der Waals surface area contributed by atoms with Crippen LogP contribution in [0.25, 0.3) is 0 Å². The summed E-state index contributed by atoms with van der Waals surface area (Å²) in [5, 5.41) is 8.56. The molecule has 0 aromatic heterocycles. The Morgan fingerprint density at radius 2 is 2.10 bits per heavy atom. The summed E-state index contributed by atoms with van der Waals surface area (Å²) in [5.74, 6) is -2.89. The Morgan fingerprint density at radius 3 is 2.60 bits per heavy atom. The van der Waals surface area contributed by atoms with E-state index in [1.807, 2.05) is 0 Å². The molecule has 0 heterocycles. The van der Waals surface area contributed by atoms with Gasteiger partial charge < -0.3 is 5.11 Å². The minimum atomic E-state index is -1.42. The van der Waals surface area contributed by atoms with Crippen LogP contribution in [0.1, 0.15) is 12.8 Å².